The zero-order valence-corrected chi connectivity index (χ0v) is 13.5. The SMILES string of the molecule is CO[C@H]1CCCN(C(=O)c2ccc(-c3cnn(C)c3N)cc2)C1. The van der Waals surface area contributed by atoms with Crippen molar-refractivity contribution in [1.82, 2.24) is 14.7 Å². The van der Waals surface area contributed by atoms with Gasteiger partial charge in [-0.05, 0) is 30.5 Å². The fourth-order valence-corrected chi connectivity index (χ4v) is 2.96. The van der Waals surface area contributed by atoms with Crippen molar-refractivity contribution in [3.05, 3.63) is 36.0 Å². The van der Waals surface area contributed by atoms with Crippen LogP contribution in [-0.4, -0.2) is 46.9 Å². The molecular weight excluding hydrogens is 292 g/mol. The number of anilines is 1. The predicted molar refractivity (Wildman–Crippen MR) is 89.0 cm³/mol. The molecular formula is C17H22N4O2. The van der Waals surface area contributed by atoms with Crippen molar-refractivity contribution in [1.29, 1.82) is 0 Å². The minimum absolute atomic E-state index is 0.0532. The van der Waals surface area contributed by atoms with Gasteiger partial charge in [0.1, 0.15) is 5.82 Å². The number of carbonyl (C=O) groups is 1. The Bertz CT molecular complexity index is 693. The summed E-state index contributed by atoms with van der Waals surface area (Å²) < 4.78 is 7.01. The Morgan fingerprint density at radius 2 is 2.09 bits per heavy atom. The smallest absolute Gasteiger partial charge is 0.253 e. The summed E-state index contributed by atoms with van der Waals surface area (Å²) in [5.41, 5.74) is 8.52. The molecule has 0 spiro atoms. The summed E-state index contributed by atoms with van der Waals surface area (Å²) in [6.45, 7) is 1.45. The van der Waals surface area contributed by atoms with Crippen LogP contribution >= 0.6 is 0 Å². The summed E-state index contributed by atoms with van der Waals surface area (Å²) in [6.07, 6.45) is 3.87. The van der Waals surface area contributed by atoms with Crippen LogP contribution in [0.5, 0.6) is 0 Å². The lowest BCUT2D eigenvalue weighted by Crippen LogP contribution is -2.42. The van der Waals surface area contributed by atoms with Gasteiger partial charge in [0.25, 0.3) is 5.91 Å². The summed E-state index contributed by atoms with van der Waals surface area (Å²) in [5, 5.41) is 4.14. The summed E-state index contributed by atoms with van der Waals surface area (Å²) >= 11 is 0. The Kier molecular flexibility index (Phi) is 4.34. The molecule has 0 radical (unpaired) electrons. The number of nitrogens with two attached hydrogens (primary N) is 1. The fourth-order valence-electron chi connectivity index (χ4n) is 2.96. The van der Waals surface area contributed by atoms with E-state index in [2.05, 4.69) is 5.10 Å². The third kappa shape index (κ3) is 3.07. The quantitative estimate of drug-likeness (QED) is 0.939. The Hall–Kier alpha value is -2.34. The van der Waals surface area contributed by atoms with Crippen molar-refractivity contribution in [2.24, 2.45) is 7.05 Å². The highest BCUT2D eigenvalue weighted by Gasteiger charge is 2.24. The lowest BCUT2D eigenvalue weighted by atomic mass is 10.0. The van der Waals surface area contributed by atoms with Crippen LogP contribution in [0.4, 0.5) is 5.82 Å². The number of ether oxygens (including phenoxy) is 1. The topological polar surface area (TPSA) is 73.4 Å². The first-order valence-corrected chi connectivity index (χ1v) is 7.80. The molecule has 1 aromatic carbocycles. The molecule has 6 heteroatoms. The average molecular weight is 314 g/mol. The molecule has 0 aliphatic carbocycles. The van der Waals surface area contributed by atoms with Crippen molar-refractivity contribution >= 4 is 11.7 Å². The van der Waals surface area contributed by atoms with Crippen molar-refractivity contribution < 1.29 is 9.53 Å². The molecule has 2 heterocycles. The standard InChI is InChI=1S/C17H22N4O2/c1-20-16(18)15(10-19-20)12-5-7-13(8-6-12)17(22)21-9-3-4-14(11-21)23-2/h5-8,10,14H,3-4,9,11,18H2,1-2H3/t14-/m0/s1. The van der Waals surface area contributed by atoms with Crippen molar-refractivity contribution in [2.75, 3.05) is 25.9 Å². The first-order valence-electron chi connectivity index (χ1n) is 7.80. The lowest BCUT2D eigenvalue weighted by molar-refractivity contribution is 0.0269. The number of nitrogen functional groups attached to an aromatic ring is 1. The van der Waals surface area contributed by atoms with E-state index in [1.807, 2.05) is 29.2 Å². The summed E-state index contributed by atoms with van der Waals surface area (Å²) in [6, 6.07) is 7.53. The maximum atomic E-state index is 12.6. The fraction of sp³-hybridized carbons (Fsp3) is 0.412. The molecule has 1 saturated heterocycles. The molecule has 1 aliphatic rings. The highest BCUT2D eigenvalue weighted by molar-refractivity contribution is 5.95. The van der Waals surface area contributed by atoms with Gasteiger partial charge in [0.15, 0.2) is 0 Å². The van der Waals surface area contributed by atoms with Crippen LogP contribution in [-0.2, 0) is 11.8 Å². The largest absolute Gasteiger partial charge is 0.383 e. The maximum absolute atomic E-state index is 12.6. The molecule has 1 atom stereocenters. The second-order valence-corrected chi connectivity index (χ2v) is 5.90. The van der Waals surface area contributed by atoms with E-state index in [4.69, 9.17) is 10.5 Å². The van der Waals surface area contributed by atoms with Crippen molar-refractivity contribution in [2.45, 2.75) is 18.9 Å². The normalized spacial score (nSPS) is 18.2. The van der Waals surface area contributed by atoms with Crippen LogP contribution < -0.4 is 5.73 Å². The first kappa shape index (κ1) is 15.6. The van der Waals surface area contributed by atoms with Gasteiger partial charge in [-0.15, -0.1) is 0 Å². The molecule has 3 rings (SSSR count). The number of carbonyl (C=O) groups excluding carboxylic acids is 1. The Morgan fingerprint density at radius 3 is 2.70 bits per heavy atom. The number of aromatic nitrogens is 2. The van der Waals surface area contributed by atoms with Crippen molar-refractivity contribution in [3.8, 4) is 11.1 Å². The molecule has 2 N–H and O–H groups in total. The summed E-state index contributed by atoms with van der Waals surface area (Å²) in [5.74, 6) is 0.667. The maximum Gasteiger partial charge on any atom is 0.253 e. The van der Waals surface area contributed by atoms with Crippen LogP contribution in [0, 0.1) is 0 Å². The molecule has 2 aromatic rings. The van der Waals surface area contributed by atoms with Crippen LogP contribution in [0.15, 0.2) is 30.5 Å². The number of aryl methyl sites for hydroxylation is 1. The molecule has 23 heavy (non-hydrogen) atoms. The second-order valence-electron chi connectivity index (χ2n) is 5.90. The third-order valence-electron chi connectivity index (χ3n) is 4.43. The van der Waals surface area contributed by atoms with Gasteiger partial charge in [-0.2, -0.15) is 5.10 Å². The van der Waals surface area contributed by atoms with E-state index >= 15 is 0 Å². The van der Waals surface area contributed by atoms with Gasteiger partial charge in [-0.3, -0.25) is 9.48 Å². The number of likely N-dealkylation sites (tertiary alicyclic amines) is 1. The number of hydrogen-bond acceptors (Lipinski definition) is 4. The van der Waals surface area contributed by atoms with E-state index < -0.39 is 0 Å². The minimum Gasteiger partial charge on any atom is -0.383 e. The summed E-state index contributed by atoms with van der Waals surface area (Å²) in [7, 11) is 3.51. The molecule has 1 amide bonds. The number of nitrogens with zero attached hydrogens (tertiary/aromatic N) is 3. The minimum atomic E-state index is 0.0532. The van der Waals surface area contributed by atoms with Crippen molar-refractivity contribution in [3.63, 3.8) is 0 Å². The van der Waals surface area contributed by atoms with Crippen LogP contribution in [0.3, 0.4) is 0 Å². The second kappa shape index (κ2) is 6.42. The number of amides is 1. The Morgan fingerprint density at radius 1 is 1.35 bits per heavy atom. The molecule has 0 bridgehead atoms. The zero-order valence-electron chi connectivity index (χ0n) is 13.5. The molecule has 6 nitrogen and oxygen atoms in total. The van der Waals surface area contributed by atoms with E-state index in [0.29, 0.717) is 17.9 Å². The number of benzene rings is 1. The Labute approximate surface area is 135 Å². The van der Waals surface area contributed by atoms with Crippen LogP contribution in [0.1, 0.15) is 23.2 Å². The molecule has 0 saturated carbocycles. The van der Waals surface area contributed by atoms with Gasteiger partial charge in [0.2, 0.25) is 0 Å². The highest BCUT2D eigenvalue weighted by atomic mass is 16.5. The number of piperidine rings is 1. The average Bonchev–Trinajstić information content (AvgIpc) is 2.93. The van der Waals surface area contributed by atoms with Gasteiger partial charge in [-0.25, -0.2) is 0 Å². The lowest BCUT2D eigenvalue weighted by Gasteiger charge is -2.32. The summed E-state index contributed by atoms with van der Waals surface area (Å²) in [4.78, 5) is 14.5. The van der Waals surface area contributed by atoms with Gasteiger partial charge in [0.05, 0.1) is 12.3 Å². The Balaban J connectivity index is 1.76. The van der Waals surface area contributed by atoms with Gasteiger partial charge < -0.3 is 15.4 Å². The van der Waals surface area contributed by atoms with Crippen LogP contribution in [0.25, 0.3) is 11.1 Å². The molecule has 0 unspecified atom stereocenters. The number of rotatable bonds is 3. The van der Waals surface area contributed by atoms with Gasteiger partial charge >= 0.3 is 0 Å². The van der Waals surface area contributed by atoms with Crippen LogP contribution in [0.2, 0.25) is 0 Å². The number of hydrogen-bond donors (Lipinski definition) is 1. The third-order valence-corrected chi connectivity index (χ3v) is 4.43. The van der Waals surface area contributed by atoms with E-state index in [-0.39, 0.29) is 12.0 Å². The van der Waals surface area contributed by atoms with Gasteiger partial charge in [-0.1, -0.05) is 12.1 Å². The predicted octanol–water partition coefficient (Wildman–Crippen LogP) is 1.92. The van der Waals surface area contributed by atoms with Gasteiger partial charge in [0, 0.05) is 38.4 Å². The molecule has 122 valence electrons. The molecule has 1 fully saturated rings. The number of methoxy groups -OCH3 is 1. The van der Waals surface area contributed by atoms with E-state index in [1.54, 1.807) is 25.0 Å². The van der Waals surface area contributed by atoms with E-state index in [0.717, 1.165) is 30.5 Å². The first-order chi connectivity index (χ1) is 11.1. The molecule has 1 aliphatic heterocycles. The monoisotopic (exact) mass is 314 g/mol. The molecule has 1 aromatic heterocycles. The highest BCUT2D eigenvalue weighted by Crippen LogP contribution is 2.25. The van der Waals surface area contributed by atoms with E-state index in [9.17, 15) is 4.79 Å². The van der Waals surface area contributed by atoms with E-state index in [1.165, 1.54) is 0 Å². The zero-order chi connectivity index (χ0) is 16.4.